The van der Waals surface area contributed by atoms with Crippen molar-refractivity contribution in [2.75, 3.05) is 38.1 Å². The maximum Gasteiger partial charge on any atom is 0.149 e. The monoisotopic (exact) mass is 297 g/mol. The quantitative estimate of drug-likeness (QED) is 0.875. The zero-order valence-corrected chi connectivity index (χ0v) is 12.9. The Labute approximate surface area is 125 Å². The third kappa shape index (κ3) is 3.71. The molecule has 0 radical (unpaired) electrons. The lowest BCUT2D eigenvalue weighted by Gasteiger charge is -2.29. The summed E-state index contributed by atoms with van der Waals surface area (Å²) in [5.74, 6) is -0.996. The Morgan fingerprint density at radius 1 is 1.33 bits per heavy atom. The number of hydrogen-bond donors (Lipinski definition) is 1. The van der Waals surface area contributed by atoms with Crippen LogP contribution in [0.1, 0.15) is 25.3 Å². The Kier molecular flexibility index (Phi) is 5.53. The van der Waals surface area contributed by atoms with E-state index in [0.29, 0.717) is 31.1 Å². The second kappa shape index (κ2) is 7.18. The summed E-state index contributed by atoms with van der Waals surface area (Å²) >= 11 is 0. The molecule has 1 atom stereocenters. The lowest BCUT2D eigenvalue weighted by atomic mass is 10.1. The average molecular weight is 297 g/mol. The van der Waals surface area contributed by atoms with E-state index in [0.717, 1.165) is 25.9 Å². The number of halogens is 2. The van der Waals surface area contributed by atoms with Gasteiger partial charge in [-0.15, -0.1) is 0 Å². The van der Waals surface area contributed by atoms with Gasteiger partial charge < -0.3 is 10.6 Å². The van der Waals surface area contributed by atoms with E-state index in [1.54, 1.807) is 11.9 Å². The van der Waals surface area contributed by atoms with E-state index in [4.69, 9.17) is 5.73 Å². The van der Waals surface area contributed by atoms with Gasteiger partial charge in [0.15, 0.2) is 0 Å². The van der Waals surface area contributed by atoms with Crippen molar-refractivity contribution in [2.24, 2.45) is 5.73 Å². The Morgan fingerprint density at radius 3 is 2.57 bits per heavy atom. The van der Waals surface area contributed by atoms with E-state index >= 15 is 0 Å². The first kappa shape index (κ1) is 16.2. The van der Waals surface area contributed by atoms with Crippen LogP contribution in [0.3, 0.4) is 0 Å². The molecule has 1 aliphatic rings. The molecule has 5 heteroatoms. The van der Waals surface area contributed by atoms with Gasteiger partial charge in [0.1, 0.15) is 17.3 Å². The van der Waals surface area contributed by atoms with Crippen molar-refractivity contribution in [3.8, 4) is 0 Å². The highest BCUT2D eigenvalue weighted by molar-refractivity contribution is 5.50. The number of anilines is 1. The summed E-state index contributed by atoms with van der Waals surface area (Å²) in [5.41, 5.74) is 6.12. The predicted octanol–water partition coefficient (Wildman–Crippen LogP) is 2.39. The highest BCUT2D eigenvalue weighted by atomic mass is 19.1. The summed E-state index contributed by atoms with van der Waals surface area (Å²) in [7, 11) is 1.76. The first-order valence-electron chi connectivity index (χ1n) is 7.70. The fourth-order valence-corrected chi connectivity index (χ4v) is 3.22. The van der Waals surface area contributed by atoms with Gasteiger partial charge in [-0.2, -0.15) is 0 Å². The minimum absolute atomic E-state index is 0.0683. The van der Waals surface area contributed by atoms with Crippen molar-refractivity contribution >= 4 is 5.69 Å². The van der Waals surface area contributed by atoms with Crippen molar-refractivity contribution < 1.29 is 8.78 Å². The second-order valence-corrected chi connectivity index (χ2v) is 5.75. The standard InChI is InChI=1S/C16H25F2N3/c1-3-21-8-4-5-13(21)11-20(2)16-14(17)9-12(6-7-19)10-15(16)18/h9-10,13H,3-8,11,19H2,1-2H3. The molecular formula is C16H25F2N3. The van der Waals surface area contributed by atoms with Gasteiger partial charge in [0, 0.05) is 19.6 Å². The summed E-state index contributed by atoms with van der Waals surface area (Å²) in [4.78, 5) is 4.07. The number of nitrogens with two attached hydrogens (primary N) is 1. The molecular weight excluding hydrogens is 272 g/mol. The van der Waals surface area contributed by atoms with Gasteiger partial charge >= 0.3 is 0 Å². The van der Waals surface area contributed by atoms with Gasteiger partial charge in [-0.1, -0.05) is 6.92 Å². The Bertz CT molecular complexity index is 456. The molecule has 21 heavy (non-hydrogen) atoms. The molecule has 1 unspecified atom stereocenters. The number of hydrogen-bond acceptors (Lipinski definition) is 3. The average Bonchev–Trinajstić information content (AvgIpc) is 2.85. The van der Waals surface area contributed by atoms with E-state index in [1.807, 2.05) is 0 Å². The van der Waals surface area contributed by atoms with Crippen molar-refractivity contribution in [3.05, 3.63) is 29.3 Å². The summed E-state index contributed by atoms with van der Waals surface area (Å²) in [6.45, 7) is 5.23. The second-order valence-electron chi connectivity index (χ2n) is 5.75. The van der Waals surface area contributed by atoms with Crippen LogP contribution >= 0.6 is 0 Å². The first-order chi connectivity index (χ1) is 10.1. The van der Waals surface area contributed by atoms with Gasteiger partial charge in [-0.05, 0) is 56.6 Å². The summed E-state index contributed by atoms with van der Waals surface area (Å²) in [6, 6.07) is 3.17. The molecule has 0 spiro atoms. The van der Waals surface area contributed by atoms with Crippen LogP contribution in [0, 0.1) is 11.6 Å². The molecule has 0 saturated carbocycles. The largest absolute Gasteiger partial charge is 0.368 e. The van der Waals surface area contributed by atoms with Gasteiger partial charge in [0.2, 0.25) is 0 Å². The minimum Gasteiger partial charge on any atom is -0.368 e. The molecule has 1 aliphatic heterocycles. The fourth-order valence-electron chi connectivity index (χ4n) is 3.22. The Morgan fingerprint density at radius 2 is 2.00 bits per heavy atom. The van der Waals surface area contributed by atoms with Crippen LogP contribution in [0.15, 0.2) is 12.1 Å². The number of nitrogens with zero attached hydrogens (tertiary/aromatic N) is 2. The smallest absolute Gasteiger partial charge is 0.149 e. The van der Waals surface area contributed by atoms with E-state index in [2.05, 4.69) is 11.8 Å². The van der Waals surface area contributed by atoms with Crippen LogP contribution in [0.2, 0.25) is 0 Å². The van der Waals surface area contributed by atoms with E-state index in [-0.39, 0.29) is 5.69 Å². The molecule has 3 nitrogen and oxygen atoms in total. The Hall–Kier alpha value is -1.20. The minimum atomic E-state index is -0.498. The first-order valence-corrected chi connectivity index (χ1v) is 7.70. The maximum absolute atomic E-state index is 14.2. The zero-order valence-electron chi connectivity index (χ0n) is 12.9. The lowest BCUT2D eigenvalue weighted by Crippen LogP contribution is -2.39. The molecule has 0 bridgehead atoms. The summed E-state index contributed by atoms with van der Waals surface area (Å²) in [5, 5.41) is 0. The third-order valence-electron chi connectivity index (χ3n) is 4.28. The van der Waals surface area contributed by atoms with Gasteiger partial charge in [0.05, 0.1) is 0 Å². The Balaban J connectivity index is 2.13. The normalized spacial score (nSPS) is 19.2. The number of likely N-dealkylation sites (tertiary alicyclic amines) is 1. The summed E-state index contributed by atoms with van der Waals surface area (Å²) < 4.78 is 28.4. The maximum atomic E-state index is 14.2. The topological polar surface area (TPSA) is 32.5 Å². The molecule has 1 saturated heterocycles. The molecule has 118 valence electrons. The van der Waals surface area contributed by atoms with Crippen LogP contribution < -0.4 is 10.6 Å². The predicted molar refractivity (Wildman–Crippen MR) is 82.7 cm³/mol. The lowest BCUT2D eigenvalue weighted by molar-refractivity contribution is 0.270. The molecule has 0 amide bonds. The SMILES string of the molecule is CCN1CCCC1CN(C)c1c(F)cc(CCN)cc1F. The van der Waals surface area contributed by atoms with Crippen molar-refractivity contribution in [1.29, 1.82) is 0 Å². The summed E-state index contributed by atoms with van der Waals surface area (Å²) in [6.07, 6.45) is 2.74. The van der Waals surface area contributed by atoms with Crippen molar-refractivity contribution in [2.45, 2.75) is 32.2 Å². The van der Waals surface area contributed by atoms with Gasteiger partial charge in [0.25, 0.3) is 0 Å². The van der Waals surface area contributed by atoms with E-state index < -0.39 is 11.6 Å². The molecule has 1 heterocycles. The zero-order chi connectivity index (χ0) is 15.4. The molecule has 1 fully saturated rings. The van der Waals surface area contributed by atoms with Gasteiger partial charge in [-0.25, -0.2) is 8.78 Å². The van der Waals surface area contributed by atoms with Crippen LogP contribution in [0.5, 0.6) is 0 Å². The van der Waals surface area contributed by atoms with Gasteiger partial charge in [-0.3, -0.25) is 4.90 Å². The third-order valence-corrected chi connectivity index (χ3v) is 4.28. The van der Waals surface area contributed by atoms with Crippen LogP contribution in [-0.2, 0) is 6.42 Å². The van der Waals surface area contributed by atoms with Crippen LogP contribution in [-0.4, -0.2) is 44.2 Å². The van der Waals surface area contributed by atoms with Crippen molar-refractivity contribution in [1.82, 2.24) is 4.90 Å². The molecule has 1 aromatic carbocycles. The van der Waals surface area contributed by atoms with E-state index in [9.17, 15) is 8.78 Å². The molecule has 0 aliphatic carbocycles. The number of benzene rings is 1. The fraction of sp³-hybridized carbons (Fsp3) is 0.625. The molecule has 2 rings (SSSR count). The number of likely N-dealkylation sites (N-methyl/N-ethyl adjacent to an activating group) is 2. The highest BCUT2D eigenvalue weighted by Crippen LogP contribution is 2.26. The van der Waals surface area contributed by atoms with Crippen LogP contribution in [0.4, 0.5) is 14.5 Å². The molecule has 0 aromatic heterocycles. The molecule has 2 N–H and O–H groups in total. The van der Waals surface area contributed by atoms with Crippen LogP contribution in [0.25, 0.3) is 0 Å². The van der Waals surface area contributed by atoms with Crippen molar-refractivity contribution in [3.63, 3.8) is 0 Å². The van der Waals surface area contributed by atoms with E-state index in [1.165, 1.54) is 12.1 Å². The highest BCUT2D eigenvalue weighted by Gasteiger charge is 2.26. The number of rotatable bonds is 6. The molecule has 1 aromatic rings.